The van der Waals surface area contributed by atoms with Crippen molar-refractivity contribution in [2.45, 2.75) is 39.2 Å². The molecule has 1 aromatic heterocycles. The molecule has 1 aliphatic rings. The Morgan fingerprint density at radius 2 is 2.12 bits per heavy atom. The Labute approximate surface area is 152 Å². The molecule has 7 heteroatoms. The number of hydrogen-bond acceptors (Lipinski definition) is 6. The molecule has 1 heterocycles. The van der Waals surface area contributed by atoms with Crippen LogP contribution >= 0.6 is 0 Å². The molecule has 0 spiro atoms. The molecule has 2 aromatic rings. The number of anilines is 1. The van der Waals surface area contributed by atoms with Crippen LogP contribution < -0.4 is 4.90 Å². The number of aromatic nitrogens is 2. The molecule has 0 aliphatic heterocycles. The van der Waals surface area contributed by atoms with E-state index in [1.54, 1.807) is 12.1 Å². The molecule has 1 aromatic carbocycles. The number of rotatable bonds is 7. The highest BCUT2D eigenvalue weighted by atomic mass is 16.6. The van der Waals surface area contributed by atoms with Crippen molar-refractivity contribution in [1.29, 1.82) is 0 Å². The van der Waals surface area contributed by atoms with Crippen LogP contribution in [0.1, 0.15) is 31.9 Å². The SMILES string of the molecule is Cc1cc(N(CC2CCC2)[C@@H](C)CO)nc(-c2cccc([N+](=O)[O-])c2)n1. The fraction of sp³-hybridized carbons (Fsp3) is 0.474. The van der Waals surface area contributed by atoms with Gasteiger partial charge < -0.3 is 10.0 Å². The molecule has 0 radical (unpaired) electrons. The Kier molecular flexibility index (Phi) is 5.46. The van der Waals surface area contributed by atoms with Crippen molar-refractivity contribution in [2.75, 3.05) is 18.1 Å². The zero-order valence-electron chi connectivity index (χ0n) is 15.1. The van der Waals surface area contributed by atoms with Crippen LogP contribution in [0.15, 0.2) is 30.3 Å². The van der Waals surface area contributed by atoms with Gasteiger partial charge in [-0.05, 0) is 32.6 Å². The van der Waals surface area contributed by atoms with E-state index in [4.69, 9.17) is 0 Å². The summed E-state index contributed by atoms with van der Waals surface area (Å²) in [5.74, 6) is 1.85. The first-order valence-electron chi connectivity index (χ1n) is 8.96. The summed E-state index contributed by atoms with van der Waals surface area (Å²) in [5.41, 5.74) is 1.42. The molecular formula is C19H24N4O3. The maximum Gasteiger partial charge on any atom is 0.270 e. The number of nitro benzene ring substituents is 1. The summed E-state index contributed by atoms with van der Waals surface area (Å²) in [4.78, 5) is 21.9. The van der Waals surface area contributed by atoms with Gasteiger partial charge in [0.1, 0.15) is 5.82 Å². The molecule has 1 saturated carbocycles. The average molecular weight is 356 g/mol. The second-order valence-corrected chi connectivity index (χ2v) is 6.98. The molecule has 0 saturated heterocycles. The van der Waals surface area contributed by atoms with Gasteiger partial charge in [-0.25, -0.2) is 9.97 Å². The van der Waals surface area contributed by atoms with Gasteiger partial charge in [0.25, 0.3) is 5.69 Å². The van der Waals surface area contributed by atoms with Crippen LogP contribution in [0.2, 0.25) is 0 Å². The zero-order chi connectivity index (χ0) is 18.7. The minimum atomic E-state index is -0.420. The van der Waals surface area contributed by atoms with Gasteiger partial charge >= 0.3 is 0 Å². The van der Waals surface area contributed by atoms with Gasteiger partial charge in [-0.1, -0.05) is 18.6 Å². The molecule has 1 aliphatic carbocycles. The van der Waals surface area contributed by atoms with E-state index in [2.05, 4.69) is 14.9 Å². The van der Waals surface area contributed by atoms with Gasteiger partial charge in [-0.3, -0.25) is 10.1 Å². The van der Waals surface area contributed by atoms with E-state index in [-0.39, 0.29) is 18.3 Å². The van der Waals surface area contributed by atoms with E-state index >= 15 is 0 Å². The lowest BCUT2D eigenvalue weighted by molar-refractivity contribution is -0.384. The quantitative estimate of drug-likeness (QED) is 0.604. The molecule has 3 rings (SSSR count). The van der Waals surface area contributed by atoms with Crippen molar-refractivity contribution in [3.63, 3.8) is 0 Å². The summed E-state index contributed by atoms with van der Waals surface area (Å²) in [6.45, 7) is 4.76. The maximum absolute atomic E-state index is 11.0. The minimum absolute atomic E-state index is 0.0178. The Morgan fingerprint density at radius 3 is 2.73 bits per heavy atom. The van der Waals surface area contributed by atoms with Crippen molar-refractivity contribution in [3.05, 3.63) is 46.1 Å². The molecule has 26 heavy (non-hydrogen) atoms. The molecule has 7 nitrogen and oxygen atoms in total. The van der Waals surface area contributed by atoms with Gasteiger partial charge in [-0.2, -0.15) is 0 Å². The summed E-state index contributed by atoms with van der Waals surface area (Å²) >= 11 is 0. The second kappa shape index (κ2) is 7.78. The Bertz CT molecular complexity index is 792. The van der Waals surface area contributed by atoms with Crippen LogP contribution in [-0.4, -0.2) is 39.2 Å². The summed E-state index contributed by atoms with van der Waals surface area (Å²) in [6.07, 6.45) is 3.67. The highest BCUT2D eigenvalue weighted by Gasteiger charge is 2.25. The van der Waals surface area contributed by atoms with Crippen LogP contribution in [-0.2, 0) is 0 Å². The molecule has 0 bridgehead atoms. The maximum atomic E-state index is 11.0. The normalized spacial score (nSPS) is 15.3. The molecule has 1 N–H and O–H groups in total. The van der Waals surface area contributed by atoms with Crippen LogP contribution in [0.25, 0.3) is 11.4 Å². The lowest BCUT2D eigenvalue weighted by Crippen LogP contribution is -2.41. The zero-order valence-corrected chi connectivity index (χ0v) is 15.1. The number of nitrogens with zero attached hydrogens (tertiary/aromatic N) is 4. The van der Waals surface area contributed by atoms with Gasteiger partial charge in [0, 0.05) is 36.0 Å². The standard InChI is InChI=1S/C19H24N4O3/c1-13-9-18(22(14(2)12-24)11-15-5-3-6-15)21-19(20-13)16-7-4-8-17(10-16)23(25)26/h4,7-10,14-15,24H,3,5-6,11-12H2,1-2H3/t14-/m0/s1. The first-order valence-corrected chi connectivity index (χ1v) is 8.96. The molecule has 1 atom stereocenters. The monoisotopic (exact) mass is 356 g/mol. The lowest BCUT2D eigenvalue weighted by Gasteiger charge is -2.36. The van der Waals surface area contributed by atoms with Crippen molar-refractivity contribution >= 4 is 11.5 Å². The first-order chi connectivity index (χ1) is 12.5. The summed E-state index contributed by atoms with van der Waals surface area (Å²) < 4.78 is 0. The van der Waals surface area contributed by atoms with Crippen molar-refractivity contribution in [3.8, 4) is 11.4 Å². The molecule has 138 valence electrons. The largest absolute Gasteiger partial charge is 0.394 e. The number of nitro groups is 1. The van der Waals surface area contributed by atoms with Gasteiger partial charge in [0.2, 0.25) is 0 Å². The third-order valence-electron chi connectivity index (χ3n) is 4.93. The third kappa shape index (κ3) is 3.99. The highest BCUT2D eigenvalue weighted by Crippen LogP contribution is 2.30. The van der Waals surface area contributed by atoms with Crippen molar-refractivity contribution in [1.82, 2.24) is 9.97 Å². The number of aliphatic hydroxyl groups is 1. The van der Waals surface area contributed by atoms with Crippen LogP contribution in [0.5, 0.6) is 0 Å². The van der Waals surface area contributed by atoms with E-state index in [1.807, 2.05) is 19.9 Å². The summed E-state index contributed by atoms with van der Waals surface area (Å²) in [7, 11) is 0. The first kappa shape index (κ1) is 18.3. The average Bonchev–Trinajstić information content (AvgIpc) is 2.59. The van der Waals surface area contributed by atoms with E-state index in [0.717, 1.165) is 18.1 Å². The number of non-ortho nitro benzene ring substituents is 1. The predicted molar refractivity (Wildman–Crippen MR) is 100 cm³/mol. The van der Waals surface area contributed by atoms with Gasteiger partial charge in [0.15, 0.2) is 5.82 Å². The third-order valence-corrected chi connectivity index (χ3v) is 4.93. The fourth-order valence-electron chi connectivity index (χ4n) is 3.14. The molecule has 1 fully saturated rings. The van der Waals surface area contributed by atoms with Crippen LogP contribution in [0.3, 0.4) is 0 Å². The number of benzene rings is 1. The van der Waals surface area contributed by atoms with Crippen LogP contribution in [0.4, 0.5) is 11.5 Å². The highest BCUT2D eigenvalue weighted by molar-refractivity contribution is 5.61. The number of hydrogen-bond donors (Lipinski definition) is 1. The Balaban J connectivity index is 1.97. The smallest absolute Gasteiger partial charge is 0.270 e. The minimum Gasteiger partial charge on any atom is -0.394 e. The molecular weight excluding hydrogens is 332 g/mol. The second-order valence-electron chi connectivity index (χ2n) is 6.98. The molecule has 0 unspecified atom stereocenters. The van der Waals surface area contributed by atoms with E-state index in [9.17, 15) is 15.2 Å². The van der Waals surface area contributed by atoms with E-state index in [0.29, 0.717) is 17.3 Å². The van der Waals surface area contributed by atoms with E-state index < -0.39 is 4.92 Å². The summed E-state index contributed by atoms with van der Waals surface area (Å²) in [6, 6.07) is 8.22. The van der Waals surface area contributed by atoms with Crippen molar-refractivity contribution < 1.29 is 10.0 Å². The van der Waals surface area contributed by atoms with E-state index in [1.165, 1.54) is 31.4 Å². The number of aliphatic hydroxyl groups excluding tert-OH is 1. The lowest BCUT2D eigenvalue weighted by atomic mass is 9.85. The molecule has 0 amide bonds. The predicted octanol–water partition coefficient (Wildman–Crippen LogP) is 3.35. The van der Waals surface area contributed by atoms with Crippen LogP contribution in [0, 0.1) is 23.0 Å². The van der Waals surface area contributed by atoms with Gasteiger partial charge in [-0.15, -0.1) is 0 Å². The Morgan fingerprint density at radius 1 is 1.35 bits per heavy atom. The topological polar surface area (TPSA) is 92.4 Å². The van der Waals surface area contributed by atoms with Crippen molar-refractivity contribution in [2.24, 2.45) is 5.92 Å². The number of aryl methyl sites for hydroxylation is 1. The fourth-order valence-corrected chi connectivity index (χ4v) is 3.14. The Hall–Kier alpha value is -2.54. The van der Waals surface area contributed by atoms with Gasteiger partial charge in [0.05, 0.1) is 17.6 Å². The summed E-state index contributed by atoms with van der Waals surface area (Å²) in [5, 5.41) is 20.7.